The van der Waals surface area contributed by atoms with Crippen LogP contribution in [0.2, 0.25) is 5.02 Å². The minimum absolute atomic E-state index is 0.139. The summed E-state index contributed by atoms with van der Waals surface area (Å²) in [7, 11) is 0. The van der Waals surface area contributed by atoms with Gasteiger partial charge >= 0.3 is 0 Å². The van der Waals surface area contributed by atoms with Crippen LogP contribution in [0, 0.1) is 5.82 Å². The summed E-state index contributed by atoms with van der Waals surface area (Å²) in [6, 6.07) is 13.8. The van der Waals surface area contributed by atoms with Crippen molar-refractivity contribution in [3.8, 4) is 5.69 Å². The molecule has 0 aliphatic heterocycles. The van der Waals surface area contributed by atoms with E-state index in [4.69, 9.17) is 11.6 Å². The lowest BCUT2D eigenvalue weighted by Gasteiger charge is -2.13. The molecule has 0 bridgehead atoms. The predicted octanol–water partition coefficient (Wildman–Crippen LogP) is 6.29. The van der Waals surface area contributed by atoms with Crippen molar-refractivity contribution in [2.24, 2.45) is 0 Å². The SMILES string of the molecule is O=c1c2sccc2nc(SCc2c(F)cccc2Cl)n1-c1ccc(Br)cc1. The maximum atomic E-state index is 14.1. The van der Waals surface area contributed by atoms with Gasteiger partial charge in [-0.15, -0.1) is 11.3 Å². The highest BCUT2D eigenvalue weighted by atomic mass is 79.9. The van der Waals surface area contributed by atoms with Crippen molar-refractivity contribution < 1.29 is 4.39 Å². The van der Waals surface area contributed by atoms with Crippen molar-refractivity contribution in [2.75, 3.05) is 0 Å². The smallest absolute Gasteiger partial charge is 0.267 e. The lowest BCUT2D eigenvalue weighted by atomic mass is 10.2. The molecule has 2 aromatic carbocycles. The second kappa shape index (κ2) is 7.75. The Balaban J connectivity index is 1.82. The van der Waals surface area contributed by atoms with Crippen LogP contribution in [0.25, 0.3) is 15.9 Å². The van der Waals surface area contributed by atoms with Gasteiger partial charge in [0.15, 0.2) is 5.16 Å². The summed E-state index contributed by atoms with van der Waals surface area (Å²) in [6.45, 7) is 0. The maximum absolute atomic E-state index is 14.1. The Hall–Kier alpha value is -1.67. The van der Waals surface area contributed by atoms with Gasteiger partial charge in [-0.05, 0) is 47.8 Å². The number of rotatable bonds is 4. The van der Waals surface area contributed by atoms with Gasteiger partial charge in [-0.2, -0.15) is 0 Å². The number of aromatic nitrogens is 2. The summed E-state index contributed by atoms with van der Waals surface area (Å²) >= 11 is 12.2. The summed E-state index contributed by atoms with van der Waals surface area (Å²) in [5.74, 6) is -0.103. The van der Waals surface area contributed by atoms with Gasteiger partial charge in [0.25, 0.3) is 5.56 Å². The van der Waals surface area contributed by atoms with Crippen molar-refractivity contribution in [2.45, 2.75) is 10.9 Å². The fourth-order valence-corrected chi connectivity index (χ4v) is 4.99. The maximum Gasteiger partial charge on any atom is 0.276 e. The first-order chi connectivity index (χ1) is 13.0. The molecule has 0 aliphatic rings. The van der Waals surface area contributed by atoms with E-state index < -0.39 is 0 Å². The fraction of sp³-hybridized carbons (Fsp3) is 0.0526. The second-order valence-corrected chi connectivity index (χ2v) is 8.82. The summed E-state index contributed by atoms with van der Waals surface area (Å²) < 4.78 is 17.2. The van der Waals surface area contributed by atoms with Gasteiger partial charge in [-0.3, -0.25) is 9.36 Å². The van der Waals surface area contributed by atoms with Gasteiger partial charge in [0.05, 0.1) is 11.2 Å². The van der Waals surface area contributed by atoms with Gasteiger partial charge in [0, 0.05) is 20.8 Å². The zero-order valence-electron chi connectivity index (χ0n) is 13.7. The van der Waals surface area contributed by atoms with E-state index in [1.54, 1.807) is 16.7 Å². The lowest BCUT2D eigenvalue weighted by molar-refractivity contribution is 0.617. The summed E-state index contributed by atoms with van der Waals surface area (Å²) in [4.78, 5) is 17.7. The molecule has 0 atom stereocenters. The third kappa shape index (κ3) is 3.69. The van der Waals surface area contributed by atoms with E-state index in [0.29, 0.717) is 31.6 Å². The summed E-state index contributed by atoms with van der Waals surface area (Å²) in [5, 5.41) is 2.69. The number of hydrogen-bond donors (Lipinski definition) is 0. The minimum Gasteiger partial charge on any atom is -0.267 e. The normalized spacial score (nSPS) is 11.2. The van der Waals surface area contributed by atoms with Crippen LogP contribution in [-0.4, -0.2) is 9.55 Å². The van der Waals surface area contributed by atoms with Crippen LogP contribution in [0.5, 0.6) is 0 Å². The molecule has 0 unspecified atom stereocenters. The molecule has 0 aliphatic carbocycles. The molecule has 3 nitrogen and oxygen atoms in total. The average Bonchev–Trinajstić information content (AvgIpc) is 3.11. The van der Waals surface area contributed by atoms with Crippen LogP contribution in [0.4, 0.5) is 4.39 Å². The summed E-state index contributed by atoms with van der Waals surface area (Å²) in [6.07, 6.45) is 0. The van der Waals surface area contributed by atoms with E-state index >= 15 is 0 Å². The van der Waals surface area contributed by atoms with Gasteiger partial charge in [-0.25, -0.2) is 9.37 Å². The van der Waals surface area contributed by atoms with Crippen LogP contribution >= 0.6 is 50.6 Å². The Bertz CT molecular complexity index is 1170. The Kier molecular flexibility index (Phi) is 5.36. The van der Waals surface area contributed by atoms with Crippen molar-refractivity contribution in [3.05, 3.63) is 85.1 Å². The zero-order valence-corrected chi connectivity index (χ0v) is 17.6. The van der Waals surface area contributed by atoms with Crippen molar-refractivity contribution in [1.29, 1.82) is 0 Å². The molecule has 2 heterocycles. The molecular formula is C19H11BrClFN2OS2. The second-order valence-electron chi connectivity index (χ2n) is 5.64. The third-order valence-electron chi connectivity index (χ3n) is 3.94. The average molecular weight is 482 g/mol. The van der Waals surface area contributed by atoms with Crippen LogP contribution in [-0.2, 0) is 5.75 Å². The predicted molar refractivity (Wildman–Crippen MR) is 114 cm³/mol. The molecule has 0 amide bonds. The zero-order chi connectivity index (χ0) is 19.0. The van der Waals surface area contributed by atoms with Gasteiger partial charge < -0.3 is 0 Å². The molecule has 27 heavy (non-hydrogen) atoms. The van der Waals surface area contributed by atoms with Gasteiger partial charge in [-0.1, -0.05) is 45.4 Å². The van der Waals surface area contributed by atoms with E-state index in [0.717, 1.165) is 4.47 Å². The molecule has 0 fully saturated rings. The topological polar surface area (TPSA) is 34.9 Å². The summed E-state index contributed by atoms with van der Waals surface area (Å²) in [5.41, 5.74) is 1.60. The molecule has 136 valence electrons. The van der Waals surface area contributed by atoms with Gasteiger partial charge in [0.2, 0.25) is 0 Å². The number of fused-ring (bicyclic) bond motifs is 1. The van der Waals surface area contributed by atoms with E-state index in [-0.39, 0.29) is 17.1 Å². The van der Waals surface area contributed by atoms with Gasteiger partial charge in [0.1, 0.15) is 10.5 Å². The van der Waals surface area contributed by atoms with E-state index in [9.17, 15) is 9.18 Å². The molecule has 8 heteroatoms. The molecule has 0 saturated carbocycles. The molecule has 4 rings (SSSR count). The molecule has 0 saturated heterocycles. The van der Waals surface area contributed by atoms with Crippen LogP contribution in [0.3, 0.4) is 0 Å². The molecule has 0 spiro atoms. The Morgan fingerprint density at radius 3 is 2.70 bits per heavy atom. The standard InChI is InChI=1S/C19H11BrClFN2OS2/c20-11-4-6-12(7-5-11)24-18(25)17-16(8-9-26-17)23-19(24)27-10-13-14(21)2-1-3-15(13)22/h1-9H,10H2. The first-order valence-electron chi connectivity index (χ1n) is 7.86. The molecule has 0 N–H and O–H groups in total. The number of thiophene rings is 1. The highest BCUT2D eigenvalue weighted by molar-refractivity contribution is 9.10. The highest BCUT2D eigenvalue weighted by Gasteiger charge is 2.16. The van der Waals surface area contributed by atoms with Crippen molar-refractivity contribution in [1.82, 2.24) is 9.55 Å². The lowest BCUT2D eigenvalue weighted by Crippen LogP contribution is -2.20. The first-order valence-corrected chi connectivity index (χ1v) is 10.9. The monoisotopic (exact) mass is 480 g/mol. The van der Waals surface area contributed by atoms with Crippen LogP contribution < -0.4 is 5.56 Å². The first kappa shape index (κ1) is 18.7. The van der Waals surface area contributed by atoms with Crippen LogP contribution in [0.1, 0.15) is 5.56 Å². The van der Waals surface area contributed by atoms with Crippen LogP contribution in [0.15, 0.2) is 68.3 Å². The molecule has 2 aromatic heterocycles. The van der Waals surface area contributed by atoms with Crippen molar-refractivity contribution >= 4 is 60.8 Å². The molecule has 0 radical (unpaired) electrons. The third-order valence-corrected chi connectivity index (χ3v) is 6.68. The van der Waals surface area contributed by atoms with E-state index in [1.807, 2.05) is 35.7 Å². The Morgan fingerprint density at radius 1 is 1.19 bits per heavy atom. The largest absolute Gasteiger partial charge is 0.276 e. The number of thioether (sulfide) groups is 1. The fourth-order valence-electron chi connectivity index (χ4n) is 2.61. The number of benzene rings is 2. The van der Waals surface area contributed by atoms with E-state index in [2.05, 4.69) is 20.9 Å². The number of hydrogen-bond acceptors (Lipinski definition) is 4. The quantitative estimate of drug-likeness (QED) is 0.254. The molecule has 4 aromatic rings. The highest BCUT2D eigenvalue weighted by Crippen LogP contribution is 2.30. The number of halogens is 3. The Labute approximate surface area is 176 Å². The molecular weight excluding hydrogens is 471 g/mol. The number of nitrogens with zero attached hydrogens (tertiary/aromatic N) is 2. The minimum atomic E-state index is -0.371. The van der Waals surface area contributed by atoms with E-state index in [1.165, 1.54) is 29.2 Å². The van der Waals surface area contributed by atoms with Crippen molar-refractivity contribution in [3.63, 3.8) is 0 Å². The Morgan fingerprint density at radius 2 is 1.96 bits per heavy atom.